The van der Waals surface area contributed by atoms with E-state index in [9.17, 15) is 4.79 Å². The molecule has 0 aliphatic heterocycles. The minimum Gasteiger partial charge on any atom is -0.508 e. The molecule has 0 aliphatic rings. The van der Waals surface area contributed by atoms with Gasteiger partial charge in [0.05, 0.1) is 5.60 Å². The van der Waals surface area contributed by atoms with Gasteiger partial charge in [-0.1, -0.05) is 12.1 Å². The van der Waals surface area contributed by atoms with Crippen molar-refractivity contribution in [2.45, 2.75) is 38.8 Å². The van der Waals surface area contributed by atoms with E-state index in [1.54, 1.807) is 12.1 Å². The Labute approximate surface area is 106 Å². The number of phenolic OH excluding ortho intramolecular Hbond substituents is 1. The maximum Gasteiger partial charge on any atom is 0.323 e. The smallest absolute Gasteiger partial charge is 0.323 e. The van der Waals surface area contributed by atoms with E-state index in [2.05, 4.69) is 5.48 Å². The summed E-state index contributed by atoms with van der Waals surface area (Å²) in [6.07, 6.45) is 0.283. The van der Waals surface area contributed by atoms with Crippen LogP contribution in [0.15, 0.2) is 24.3 Å². The van der Waals surface area contributed by atoms with Crippen molar-refractivity contribution in [2.24, 2.45) is 0 Å². The van der Waals surface area contributed by atoms with Crippen LogP contribution in [0, 0.1) is 0 Å². The van der Waals surface area contributed by atoms with Gasteiger partial charge in [-0.15, -0.1) is 0 Å². The highest BCUT2D eigenvalue weighted by molar-refractivity contribution is 5.73. The highest BCUT2D eigenvalue weighted by Crippen LogP contribution is 2.12. The first-order chi connectivity index (χ1) is 8.28. The molecule has 0 heterocycles. The highest BCUT2D eigenvalue weighted by Gasteiger charge is 2.21. The van der Waals surface area contributed by atoms with E-state index >= 15 is 0 Å². The summed E-state index contributed by atoms with van der Waals surface area (Å²) in [4.78, 5) is 16.4. The molecule has 100 valence electrons. The lowest BCUT2D eigenvalue weighted by Gasteiger charge is -2.23. The first-order valence-corrected chi connectivity index (χ1v) is 5.72. The van der Waals surface area contributed by atoms with Crippen LogP contribution in [-0.4, -0.2) is 27.8 Å². The molecule has 1 aromatic rings. The normalized spacial score (nSPS) is 13.3. The van der Waals surface area contributed by atoms with E-state index in [-0.39, 0.29) is 12.2 Å². The van der Waals surface area contributed by atoms with E-state index in [4.69, 9.17) is 15.1 Å². The van der Waals surface area contributed by atoms with Crippen molar-refractivity contribution in [3.63, 3.8) is 0 Å². The van der Waals surface area contributed by atoms with Gasteiger partial charge in [-0.05, 0) is 38.5 Å². The number of rotatable bonds is 5. The van der Waals surface area contributed by atoms with Gasteiger partial charge in [0.1, 0.15) is 11.8 Å². The summed E-state index contributed by atoms with van der Waals surface area (Å²) in [7, 11) is 0. The number of aliphatic carboxylic acids is 1. The fourth-order valence-electron chi connectivity index (χ4n) is 1.30. The molecule has 3 N–H and O–H groups in total. The van der Waals surface area contributed by atoms with Gasteiger partial charge in [-0.25, -0.2) is 0 Å². The predicted molar refractivity (Wildman–Crippen MR) is 67.2 cm³/mol. The Hall–Kier alpha value is -1.59. The van der Waals surface area contributed by atoms with Gasteiger partial charge in [0.15, 0.2) is 0 Å². The molecule has 1 aromatic carbocycles. The lowest BCUT2D eigenvalue weighted by Crippen LogP contribution is -2.42. The van der Waals surface area contributed by atoms with Crippen molar-refractivity contribution in [1.29, 1.82) is 0 Å². The Kier molecular flexibility index (Phi) is 4.69. The molecule has 0 aromatic heterocycles. The molecule has 5 nitrogen and oxygen atoms in total. The molecule has 0 radical (unpaired) electrons. The number of aromatic hydroxyl groups is 1. The minimum absolute atomic E-state index is 0.157. The molecule has 0 bridgehead atoms. The molecular weight excluding hydrogens is 234 g/mol. The largest absolute Gasteiger partial charge is 0.508 e. The molecule has 1 atom stereocenters. The average Bonchev–Trinajstić information content (AvgIpc) is 2.25. The summed E-state index contributed by atoms with van der Waals surface area (Å²) in [6, 6.07) is 5.60. The molecular formula is C13H19NO4. The molecule has 1 rings (SSSR count). The van der Waals surface area contributed by atoms with Crippen molar-refractivity contribution in [3.8, 4) is 5.75 Å². The summed E-state index contributed by atoms with van der Waals surface area (Å²) < 4.78 is 0. The number of hydroxylamine groups is 1. The van der Waals surface area contributed by atoms with Gasteiger partial charge in [-0.2, -0.15) is 5.48 Å². The van der Waals surface area contributed by atoms with E-state index in [0.29, 0.717) is 0 Å². The number of phenols is 1. The van der Waals surface area contributed by atoms with E-state index in [0.717, 1.165) is 5.56 Å². The Morgan fingerprint density at radius 1 is 1.33 bits per heavy atom. The molecule has 0 amide bonds. The molecule has 5 heteroatoms. The zero-order valence-corrected chi connectivity index (χ0v) is 10.8. The van der Waals surface area contributed by atoms with Crippen molar-refractivity contribution >= 4 is 5.97 Å². The first kappa shape index (κ1) is 14.5. The third kappa shape index (κ3) is 5.16. The van der Waals surface area contributed by atoms with Crippen LogP contribution in [0.5, 0.6) is 5.75 Å². The van der Waals surface area contributed by atoms with Crippen LogP contribution >= 0.6 is 0 Å². The van der Waals surface area contributed by atoms with E-state index in [1.165, 1.54) is 12.1 Å². The fourth-order valence-corrected chi connectivity index (χ4v) is 1.30. The summed E-state index contributed by atoms with van der Waals surface area (Å²) >= 11 is 0. The van der Waals surface area contributed by atoms with Gasteiger partial charge >= 0.3 is 5.97 Å². The number of carbonyl (C=O) groups is 1. The summed E-state index contributed by atoms with van der Waals surface area (Å²) in [5, 5.41) is 18.2. The topological polar surface area (TPSA) is 78.8 Å². The summed E-state index contributed by atoms with van der Waals surface area (Å²) in [5.41, 5.74) is 2.91. The second-order valence-corrected chi connectivity index (χ2v) is 5.09. The quantitative estimate of drug-likeness (QED) is 0.696. The predicted octanol–water partition coefficient (Wildman–Crippen LogP) is 1.71. The lowest BCUT2D eigenvalue weighted by molar-refractivity contribution is -0.150. The van der Waals surface area contributed by atoms with Gasteiger partial charge < -0.3 is 10.2 Å². The van der Waals surface area contributed by atoms with Crippen LogP contribution < -0.4 is 5.48 Å². The van der Waals surface area contributed by atoms with Crippen LogP contribution in [0.2, 0.25) is 0 Å². The maximum atomic E-state index is 11.1. The summed E-state index contributed by atoms with van der Waals surface area (Å²) in [5.74, 6) is -0.822. The van der Waals surface area contributed by atoms with Crippen LogP contribution in [0.3, 0.4) is 0 Å². The van der Waals surface area contributed by atoms with E-state index in [1.807, 2.05) is 20.8 Å². The van der Waals surface area contributed by atoms with Gasteiger partial charge in [-0.3, -0.25) is 9.63 Å². The lowest BCUT2D eigenvalue weighted by atomic mass is 10.1. The zero-order chi connectivity index (χ0) is 13.8. The van der Waals surface area contributed by atoms with Crippen molar-refractivity contribution in [2.75, 3.05) is 0 Å². The molecule has 18 heavy (non-hydrogen) atoms. The van der Waals surface area contributed by atoms with Gasteiger partial charge in [0.2, 0.25) is 0 Å². The second kappa shape index (κ2) is 5.84. The average molecular weight is 253 g/mol. The number of benzene rings is 1. The molecule has 0 saturated carbocycles. The minimum atomic E-state index is -0.979. The van der Waals surface area contributed by atoms with Crippen molar-refractivity contribution < 1.29 is 19.8 Å². The van der Waals surface area contributed by atoms with Gasteiger partial charge in [0.25, 0.3) is 0 Å². The number of carboxylic acids is 1. The number of hydrogen-bond acceptors (Lipinski definition) is 4. The first-order valence-electron chi connectivity index (χ1n) is 5.72. The Bertz CT molecular complexity index is 394. The molecule has 0 spiro atoms. The molecule has 0 saturated heterocycles. The highest BCUT2D eigenvalue weighted by atomic mass is 16.7. The number of nitrogens with one attached hydrogen (secondary N) is 1. The molecule has 0 fully saturated rings. The zero-order valence-electron chi connectivity index (χ0n) is 10.8. The Morgan fingerprint density at radius 3 is 2.33 bits per heavy atom. The standard InChI is InChI=1S/C13H19NO4/c1-13(2,3)18-14-11(12(16)17)8-9-4-6-10(15)7-5-9/h4-7,11,14-15H,8H2,1-3H3,(H,16,17)/t11-/m1/s1. The van der Waals surface area contributed by atoms with Crippen molar-refractivity contribution in [3.05, 3.63) is 29.8 Å². The third-order valence-corrected chi connectivity index (χ3v) is 2.18. The Balaban J connectivity index is 2.63. The summed E-state index contributed by atoms with van der Waals surface area (Å²) in [6.45, 7) is 5.50. The van der Waals surface area contributed by atoms with E-state index < -0.39 is 17.6 Å². The fraction of sp³-hybridized carbons (Fsp3) is 0.462. The SMILES string of the molecule is CC(C)(C)ON[C@H](Cc1ccc(O)cc1)C(=O)O. The van der Waals surface area contributed by atoms with Crippen LogP contribution in [0.4, 0.5) is 0 Å². The Morgan fingerprint density at radius 2 is 1.89 bits per heavy atom. The molecule has 0 unspecified atom stereocenters. The monoisotopic (exact) mass is 253 g/mol. The molecule has 0 aliphatic carbocycles. The van der Waals surface area contributed by atoms with Crippen LogP contribution in [0.1, 0.15) is 26.3 Å². The van der Waals surface area contributed by atoms with Crippen molar-refractivity contribution in [1.82, 2.24) is 5.48 Å². The van der Waals surface area contributed by atoms with Gasteiger partial charge in [0, 0.05) is 6.42 Å². The third-order valence-electron chi connectivity index (χ3n) is 2.18. The number of carboxylic acid groups (broad SMARTS) is 1. The number of hydrogen-bond donors (Lipinski definition) is 3. The van der Waals surface area contributed by atoms with Crippen LogP contribution in [-0.2, 0) is 16.1 Å². The van der Waals surface area contributed by atoms with Crippen LogP contribution in [0.25, 0.3) is 0 Å². The second-order valence-electron chi connectivity index (χ2n) is 5.09. The maximum absolute atomic E-state index is 11.1.